The number of urea groups is 1. The van der Waals surface area contributed by atoms with E-state index in [1.54, 1.807) is 49.6 Å². The van der Waals surface area contributed by atoms with Crippen molar-refractivity contribution in [3.05, 3.63) is 72.2 Å². The molecule has 1 aromatic carbocycles. The first kappa shape index (κ1) is 22.7. The number of aliphatic carboxylic acids is 1. The van der Waals surface area contributed by atoms with E-state index >= 15 is 0 Å². The fraction of sp³-hybridized carbons (Fsp3) is 0.208. The van der Waals surface area contributed by atoms with Crippen molar-refractivity contribution >= 4 is 40.8 Å². The van der Waals surface area contributed by atoms with E-state index in [0.29, 0.717) is 30.0 Å². The maximum atomic E-state index is 13.0. The summed E-state index contributed by atoms with van der Waals surface area (Å²) in [5, 5.41) is 20.3. The lowest BCUT2D eigenvalue weighted by Gasteiger charge is -2.14. The predicted molar refractivity (Wildman–Crippen MR) is 127 cm³/mol. The lowest BCUT2D eigenvalue weighted by Crippen LogP contribution is -2.28. The largest absolute Gasteiger partial charge is 0.481 e. The standard InChI is InChI=1S/C24H24N6O4/c1-2-26-24(34)30-21-11-20(28-16-4-3-9-25-12-16)19(13-27-21)22(31)29-15-7-5-14(6-8-15)17-10-18(17)23(32)33/h3-9,11-13,17-18H,2,10H2,1H3,(H,29,31)(H,32,33)(H3,26,27,28,30,34)/t17-,18+/m0/s1. The smallest absolute Gasteiger partial charge is 0.320 e. The minimum absolute atomic E-state index is 0.0201. The van der Waals surface area contributed by atoms with Gasteiger partial charge < -0.3 is 21.1 Å². The van der Waals surface area contributed by atoms with Gasteiger partial charge in [0.25, 0.3) is 5.91 Å². The quantitative estimate of drug-likeness (QED) is 0.344. The molecule has 1 aliphatic carbocycles. The zero-order chi connectivity index (χ0) is 24.1. The number of hydrogen-bond acceptors (Lipinski definition) is 6. The van der Waals surface area contributed by atoms with Crippen molar-refractivity contribution in [2.45, 2.75) is 19.3 Å². The summed E-state index contributed by atoms with van der Waals surface area (Å²) in [7, 11) is 0. The van der Waals surface area contributed by atoms with Crippen LogP contribution in [0, 0.1) is 5.92 Å². The SMILES string of the molecule is CCNC(=O)Nc1cc(Nc2cccnc2)c(C(=O)Nc2ccc([C@@H]3C[C@H]3C(=O)O)cc2)cn1. The number of carboxylic acid groups (broad SMARTS) is 1. The van der Waals surface area contributed by atoms with E-state index in [0.717, 1.165) is 5.56 Å². The fourth-order valence-corrected chi connectivity index (χ4v) is 3.57. The van der Waals surface area contributed by atoms with E-state index in [4.69, 9.17) is 5.11 Å². The average Bonchev–Trinajstić information content (AvgIpc) is 3.62. The Morgan fingerprint density at radius 3 is 2.50 bits per heavy atom. The van der Waals surface area contributed by atoms with Gasteiger partial charge in [0.15, 0.2) is 0 Å². The molecule has 2 aromatic heterocycles. The second kappa shape index (κ2) is 9.99. The van der Waals surface area contributed by atoms with Crippen LogP contribution in [0.3, 0.4) is 0 Å². The summed E-state index contributed by atoms with van der Waals surface area (Å²) in [5.74, 6) is -1.22. The van der Waals surface area contributed by atoms with Crippen LogP contribution in [-0.4, -0.2) is 39.5 Å². The average molecular weight is 460 g/mol. The number of nitrogens with zero attached hydrogens (tertiary/aromatic N) is 2. The zero-order valence-corrected chi connectivity index (χ0v) is 18.4. The lowest BCUT2D eigenvalue weighted by molar-refractivity contribution is -0.138. The molecule has 0 radical (unpaired) electrons. The van der Waals surface area contributed by atoms with Crippen LogP contribution in [0.2, 0.25) is 0 Å². The van der Waals surface area contributed by atoms with Gasteiger partial charge >= 0.3 is 12.0 Å². The minimum Gasteiger partial charge on any atom is -0.481 e. The topological polar surface area (TPSA) is 145 Å². The molecule has 0 bridgehead atoms. The van der Waals surface area contributed by atoms with E-state index in [2.05, 4.69) is 31.2 Å². The molecule has 10 heteroatoms. The molecule has 2 atom stereocenters. The number of rotatable bonds is 8. The third kappa shape index (κ3) is 5.47. The second-order valence-electron chi connectivity index (χ2n) is 7.83. The van der Waals surface area contributed by atoms with Crippen molar-refractivity contribution in [1.29, 1.82) is 0 Å². The van der Waals surface area contributed by atoms with Gasteiger partial charge in [-0.3, -0.25) is 19.9 Å². The fourth-order valence-electron chi connectivity index (χ4n) is 3.57. The zero-order valence-electron chi connectivity index (χ0n) is 18.4. The van der Waals surface area contributed by atoms with Gasteiger partial charge in [0.1, 0.15) is 5.82 Å². The Kier molecular flexibility index (Phi) is 6.67. The molecule has 2 heterocycles. The van der Waals surface area contributed by atoms with Crippen molar-refractivity contribution in [3.63, 3.8) is 0 Å². The van der Waals surface area contributed by atoms with E-state index in [9.17, 15) is 14.4 Å². The first-order chi connectivity index (χ1) is 16.4. The predicted octanol–water partition coefficient (Wildman–Crippen LogP) is 3.80. The summed E-state index contributed by atoms with van der Waals surface area (Å²) in [6, 6.07) is 11.9. The molecule has 0 spiro atoms. The van der Waals surface area contributed by atoms with Gasteiger partial charge in [-0.1, -0.05) is 12.1 Å². The van der Waals surface area contributed by atoms with Gasteiger partial charge in [-0.15, -0.1) is 0 Å². The molecule has 0 aliphatic heterocycles. The minimum atomic E-state index is -0.784. The molecule has 1 aliphatic rings. The Balaban J connectivity index is 1.52. The van der Waals surface area contributed by atoms with Crippen LogP contribution >= 0.6 is 0 Å². The van der Waals surface area contributed by atoms with Crippen LogP contribution in [0.1, 0.15) is 35.2 Å². The Bertz CT molecular complexity index is 1200. The third-order valence-corrected chi connectivity index (χ3v) is 5.37. The summed E-state index contributed by atoms with van der Waals surface area (Å²) in [5.41, 5.74) is 2.87. The Labute approximate surface area is 195 Å². The lowest BCUT2D eigenvalue weighted by atomic mass is 10.1. The molecule has 3 aromatic rings. The van der Waals surface area contributed by atoms with E-state index in [1.165, 1.54) is 6.20 Å². The van der Waals surface area contributed by atoms with Crippen LogP contribution in [0.5, 0.6) is 0 Å². The highest BCUT2D eigenvalue weighted by atomic mass is 16.4. The highest BCUT2D eigenvalue weighted by Crippen LogP contribution is 2.47. The van der Waals surface area contributed by atoms with E-state index in [1.807, 2.05) is 12.1 Å². The number of nitrogens with one attached hydrogen (secondary N) is 4. The number of anilines is 4. The summed E-state index contributed by atoms with van der Waals surface area (Å²) >= 11 is 0. The molecular weight excluding hydrogens is 436 g/mol. The monoisotopic (exact) mass is 460 g/mol. The number of hydrogen-bond donors (Lipinski definition) is 5. The second-order valence-corrected chi connectivity index (χ2v) is 7.83. The van der Waals surface area contributed by atoms with Gasteiger partial charge in [0.2, 0.25) is 0 Å². The summed E-state index contributed by atoms with van der Waals surface area (Å²) in [6.07, 6.45) is 5.26. The summed E-state index contributed by atoms with van der Waals surface area (Å²) in [4.78, 5) is 44.3. The van der Waals surface area contributed by atoms with Crippen molar-refractivity contribution in [2.24, 2.45) is 5.92 Å². The maximum Gasteiger partial charge on any atom is 0.320 e. The maximum absolute atomic E-state index is 13.0. The van der Waals surface area contributed by atoms with Crippen molar-refractivity contribution in [3.8, 4) is 0 Å². The Morgan fingerprint density at radius 1 is 1.06 bits per heavy atom. The normalized spacial score (nSPS) is 16.3. The molecule has 34 heavy (non-hydrogen) atoms. The van der Waals surface area contributed by atoms with Crippen molar-refractivity contribution < 1.29 is 19.5 Å². The molecular formula is C24H24N6O4. The molecule has 10 nitrogen and oxygen atoms in total. The highest BCUT2D eigenvalue weighted by Gasteiger charge is 2.44. The molecule has 1 fully saturated rings. The van der Waals surface area contributed by atoms with Crippen molar-refractivity contribution in [1.82, 2.24) is 15.3 Å². The van der Waals surface area contributed by atoms with Crippen LogP contribution < -0.4 is 21.3 Å². The number of carboxylic acids is 1. The van der Waals surface area contributed by atoms with Crippen LogP contribution in [0.4, 0.5) is 27.7 Å². The molecule has 3 amide bonds. The Hall–Kier alpha value is -4.47. The van der Waals surface area contributed by atoms with Gasteiger partial charge in [0, 0.05) is 30.7 Å². The van der Waals surface area contributed by atoms with Crippen LogP contribution in [0.15, 0.2) is 61.1 Å². The Morgan fingerprint density at radius 2 is 1.85 bits per heavy atom. The highest BCUT2D eigenvalue weighted by molar-refractivity contribution is 6.08. The van der Waals surface area contributed by atoms with Crippen molar-refractivity contribution in [2.75, 3.05) is 22.5 Å². The number of benzene rings is 1. The first-order valence-corrected chi connectivity index (χ1v) is 10.8. The number of aromatic nitrogens is 2. The van der Waals surface area contributed by atoms with Gasteiger partial charge in [-0.25, -0.2) is 9.78 Å². The number of carbonyl (C=O) groups is 3. The molecule has 4 rings (SSSR count). The van der Waals surface area contributed by atoms with Crippen LogP contribution in [-0.2, 0) is 4.79 Å². The number of carbonyl (C=O) groups excluding carboxylic acids is 2. The summed E-state index contributed by atoms with van der Waals surface area (Å²) < 4.78 is 0. The van der Waals surface area contributed by atoms with Crippen LogP contribution in [0.25, 0.3) is 0 Å². The number of pyridine rings is 2. The van der Waals surface area contributed by atoms with E-state index in [-0.39, 0.29) is 23.2 Å². The van der Waals surface area contributed by atoms with Gasteiger partial charge in [-0.2, -0.15) is 0 Å². The molecule has 5 N–H and O–H groups in total. The molecule has 0 saturated heterocycles. The molecule has 0 unspecified atom stereocenters. The van der Waals surface area contributed by atoms with Gasteiger partial charge in [-0.05, 0) is 49.1 Å². The first-order valence-electron chi connectivity index (χ1n) is 10.8. The third-order valence-electron chi connectivity index (χ3n) is 5.37. The number of amides is 3. The molecule has 174 valence electrons. The summed E-state index contributed by atoms with van der Waals surface area (Å²) in [6.45, 7) is 2.27. The molecule has 1 saturated carbocycles. The van der Waals surface area contributed by atoms with E-state index < -0.39 is 17.9 Å². The van der Waals surface area contributed by atoms with Gasteiger partial charge in [0.05, 0.1) is 29.1 Å².